The Morgan fingerprint density at radius 3 is 2.52 bits per heavy atom. The first-order chi connectivity index (χ1) is 12.0. The van der Waals surface area contributed by atoms with Gasteiger partial charge in [-0.2, -0.15) is 4.31 Å². The zero-order valence-electron chi connectivity index (χ0n) is 13.5. The molecule has 1 aliphatic rings. The van der Waals surface area contributed by atoms with Gasteiger partial charge in [-0.15, -0.1) is 5.10 Å². The quantitative estimate of drug-likeness (QED) is 0.726. The van der Waals surface area contributed by atoms with Crippen LogP contribution in [0.5, 0.6) is 0 Å². The van der Waals surface area contributed by atoms with E-state index in [1.165, 1.54) is 0 Å². The van der Waals surface area contributed by atoms with Crippen LogP contribution in [0.25, 0.3) is 11.4 Å². The van der Waals surface area contributed by atoms with Crippen molar-refractivity contribution < 1.29 is 13.2 Å². The number of benzene rings is 1. The van der Waals surface area contributed by atoms with Gasteiger partial charge in [0.25, 0.3) is 0 Å². The van der Waals surface area contributed by atoms with Crippen LogP contribution < -0.4 is 5.73 Å². The topological polar surface area (TPSA) is 122 Å². The van der Waals surface area contributed by atoms with E-state index < -0.39 is 15.9 Å². The molecule has 1 aromatic heterocycles. The molecular weight excluding hydrogens is 362 g/mol. The minimum absolute atomic E-state index is 0.101. The molecule has 25 heavy (non-hydrogen) atoms. The highest BCUT2D eigenvalue weighted by Crippen LogP contribution is 2.24. The summed E-state index contributed by atoms with van der Waals surface area (Å²) in [7, 11) is -3.44. The predicted octanol–water partition coefficient (Wildman–Crippen LogP) is 1.22. The summed E-state index contributed by atoms with van der Waals surface area (Å²) in [5, 5.41) is 7.19. The molecule has 0 unspecified atom stereocenters. The highest BCUT2D eigenvalue weighted by Gasteiger charge is 2.25. The Balaban J connectivity index is 1.75. The minimum Gasteiger partial charge on any atom is -0.369 e. The van der Waals surface area contributed by atoms with Crippen molar-refractivity contribution in [3.63, 3.8) is 0 Å². The third kappa shape index (κ3) is 4.20. The van der Waals surface area contributed by atoms with Crippen LogP contribution >= 0.6 is 11.8 Å². The SMILES string of the molecule is NC(=O)CSc1n[nH]c(-c2ccc(S(=O)(=O)N3CCCCC3)cc2)n1. The number of amides is 1. The van der Waals surface area contributed by atoms with Crippen molar-refractivity contribution in [2.75, 3.05) is 18.8 Å². The number of aromatic nitrogens is 3. The number of thioether (sulfide) groups is 1. The molecule has 134 valence electrons. The molecule has 0 bridgehead atoms. The molecule has 1 saturated heterocycles. The zero-order chi connectivity index (χ0) is 17.9. The lowest BCUT2D eigenvalue weighted by atomic mass is 10.2. The Hall–Kier alpha value is -1.91. The first-order valence-corrected chi connectivity index (χ1v) is 10.3. The summed E-state index contributed by atoms with van der Waals surface area (Å²) in [4.78, 5) is 15.3. The van der Waals surface area contributed by atoms with E-state index in [1.54, 1.807) is 28.6 Å². The average Bonchev–Trinajstić information content (AvgIpc) is 3.10. The lowest BCUT2D eigenvalue weighted by Crippen LogP contribution is -2.35. The van der Waals surface area contributed by atoms with Gasteiger partial charge in [-0.1, -0.05) is 18.2 Å². The number of nitrogens with zero attached hydrogens (tertiary/aromatic N) is 3. The van der Waals surface area contributed by atoms with E-state index >= 15 is 0 Å². The van der Waals surface area contributed by atoms with Crippen LogP contribution in [-0.2, 0) is 14.8 Å². The van der Waals surface area contributed by atoms with Crippen LogP contribution in [0.2, 0.25) is 0 Å². The fourth-order valence-electron chi connectivity index (χ4n) is 2.61. The van der Waals surface area contributed by atoms with Crippen molar-refractivity contribution in [2.45, 2.75) is 29.3 Å². The van der Waals surface area contributed by atoms with Crippen molar-refractivity contribution in [2.24, 2.45) is 5.73 Å². The molecule has 0 saturated carbocycles. The van der Waals surface area contributed by atoms with E-state index in [1.807, 2.05) is 0 Å². The minimum atomic E-state index is -3.44. The molecule has 0 radical (unpaired) electrons. The molecule has 8 nitrogen and oxygen atoms in total. The third-order valence-electron chi connectivity index (χ3n) is 3.89. The number of piperidine rings is 1. The number of nitrogens with one attached hydrogen (secondary N) is 1. The Kier molecular flexibility index (Phi) is 5.40. The second kappa shape index (κ2) is 7.54. The second-order valence-electron chi connectivity index (χ2n) is 5.71. The van der Waals surface area contributed by atoms with Gasteiger partial charge in [0.2, 0.25) is 21.1 Å². The Morgan fingerprint density at radius 1 is 1.20 bits per heavy atom. The number of sulfonamides is 1. The molecular formula is C15H19N5O3S2. The van der Waals surface area contributed by atoms with Crippen molar-refractivity contribution >= 4 is 27.7 Å². The second-order valence-corrected chi connectivity index (χ2v) is 8.59. The number of nitrogens with two attached hydrogens (primary N) is 1. The van der Waals surface area contributed by atoms with Crippen molar-refractivity contribution in [3.05, 3.63) is 24.3 Å². The van der Waals surface area contributed by atoms with E-state index in [2.05, 4.69) is 15.2 Å². The molecule has 3 N–H and O–H groups in total. The van der Waals surface area contributed by atoms with E-state index in [9.17, 15) is 13.2 Å². The van der Waals surface area contributed by atoms with Crippen molar-refractivity contribution in [1.82, 2.24) is 19.5 Å². The van der Waals surface area contributed by atoms with Gasteiger partial charge in [0.15, 0.2) is 5.82 Å². The van der Waals surface area contributed by atoms with Crippen molar-refractivity contribution in [3.8, 4) is 11.4 Å². The lowest BCUT2D eigenvalue weighted by Gasteiger charge is -2.25. The summed E-state index contributed by atoms with van der Waals surface area (Å²) < 4.78 is 26.8. The number of primary amides is 1. The number of carbonyl (C=O) groups is 1. The summed E-state index contributed by atoms with van der Waals surface area (Å²) in [5.41, 5.74) is 5.81. The summed E-state index contributed by atoms with van der Waals surface area (Å²) in [5.74, 6) is 0.169. The number of carbonyl (C=O) groups excluding carboxylic acids is 1. The third-order valence-corrected chi connectivity index (χ3v) is 6.67. The Morgan fingerprint density at radius 2 is 1.88 bits per heavy atom. The Labute approximate surface area is 150 Å². The van der Waals surface area contributed by atoms with Crippen molar-refractivity contribution in [1.29, 1.82) is 0 Å². The van der Waals surface area contributed by atoms with Crippen LogP contribution in [0, 0.1) is 0 Å². The predicted molar refractivity (Wildman–Crippen MR) is 94.3 cm³/mol. The molecule has 1 fully saturated rings. The summed E-state index contributed by atoms with van der Waals surface area (Å²) in [6.07, 6.45) is 2.88. The summed E-state index contributed by atoms with van der Waals surface area (Å²) >= 11 is 1.14. The number of aromatic amines is 1. The molecule has 2 aromatic rings. The fourth-order valence-corrected chi connectivity index (χ4v) is 4.67. The summed E-state index contributed by atoms with van der Waals surface area (Å²) in [6.45, 7) is 1.15. The number of rotatable bonds is 6. The van der Waals surface area contributed by atoms with Crippen LogP contribution in [0.4, 0.5) is 0 Å². The molecule has 0 spiro atoms. The molecule has 2 heterocycles. The molecule has 1 aromatic carbocycles. The van der Waals surface area contributed by atoms with E-state index in [4.69, 9.17) is 5.73 Å². The van der Waals surface area contributed by atoms with E-state index in [-0.39, 0.29) is 10.6 Å². The zero-order valence-corrected chi connectivity index (χ0v) is 15.1. The maximum atomic E-state index is 12.6. The monoisotopic (exact) mass is 381 g/mol. The van der Waals surface area contributed by atoms with Gasteiger partial charge >= 0.3 is 0 Å². The first-order valence-electron chi connectivity index (χ1n) is 7.91. The summed E-state index contributed by atoms with van der Waals surface area (Å²) in [6, 6.07) is 6.55. The number of hydrogen-bond acceptors (Lipinski definition) is 6. The normalized spacial score (nSPS) is 16.0. The highest BCUT2D eigenvalue weighted by atomic mass is 32.2. The van der Waals surface area contributed by atoms with Gasteiger partial charge in [0.05, 0.1) is 10.6 Å². The number of hydrogen-bond donors (Lipinski definition) is 2. The highest BCUT2D eigenvalue weighted by molar-refractivity contribution is 7.99. The lowest BCUT2D eigenvalue weighted by molar-refractivity contribution is -0.115. The molecule has 1 amide bonds. The fraction of sp³-hybridized carbons (Fsp3) is 0.400. The van der Waals surface area contributed by atoms with Gasteiger partial charge in [0.1, 0.15) is 0 Å². The standard InChI is InChI=1S/C15H19N5O3S2/c16-13(21)10-24-15-17-14(18-19-15)11-4-6-12(7-5-11)25(22,23)20-8-2-1-3-9-20/h4-7H,1-3,8-10H2,(H2,16,21)(H,17,18,19). The van der Waals surface area contributed by atoms with Gasteiger partial charge in [-0.05, 0) is 37.1 Å². The van der Waals surface area contributed by atoms with Crippen LogP contribution in [0.15, 0.2) is 34.3 Å². The van der Waals surface area contributed by atoms with Gasteiger partial charge in [-0.3, -0.25) is 9.89 Å². The van der Waals surface area contributed by atoms with E-state index in [0.717, 1.165) is 36.6 Å². The van der Waals surface area contributed by atoms with Gasteiger partial charge < -0.3 is 5.73 Å². The van der Waals surface area contributed by atoms with E-state index in [0.29, 0.717) is 24.1 Å². The van der Waals surface area contributed by atoms with Crippen LogP contribution in [0.3, 0.4) is 0 Å². The first kappa shape index (κ1) is 17.9. The maximum absolute atomic E-state index is 12.6. The van der Waals surface area contributed by atoms with Gasteiger partial charge in [0, 0.05) is 18.7 Å². The number of H-pyrrole nitrogens is 1. The smallest absolute Gasteiger partial charge is 0.243 e. The molecule has 3 rings (SSSR count). The maximum Gasteiger partial charge on any atom is 0.243 e. The van der Waals surface area contributed by atoms with Crippen LogP contribution in [-0.4, -0.2) is 52.7 Å². The molecule has 1 aliphatic heterocycles. The van der Waals surface area contributed by atoms with Gasteiger partial charge in [-0.25, -0.2) is 13.4 Å². The molecule has 0 aliphatic carbocycles. The Bertz CT molecular complexity index is 842. The van der Waals surface area contributed by atoms with Crippen LogP contribution in [0.1, 0.15) is 19.3 Å². The molecule has 0 atom stereocenters. The largest absolute Gasteiger partial charge is 0.369 e. The average molecular weight is 381 g/mol. The molecule has 10 heteroatoms.